The highest BCUT2D eigenvalue weighted by atomic mass is 19.4. The van der Waals surface area contributed by atoms with E-state index in [2.05, 4.69) is 14.6 Å². The van der Waals surface area contributed by atoms with Crippen LogP contribution in [0.2, 0.25) is 0 Å². The topological polar surface area (TPSA) is 80.1 Å². The fourth-order valence-corrected chi connectivity index (χ4v) is 5.85. The van der Waals surface area contributed by atoms with Gasteiger partial charge < -0.3 is 23.8 Å². The molecule has 9 nitrogen and oxygen atoms in total. The van der Waals surface area contributed by atoms with E-state index in [9.17, 15) is 40.3 Å². The monoisotopic (exact) mass is 743 g/mol. The van der Waals surface area contributed by atoms with Gasteiger partial charge >= 0.3 is 18.7 Å². The quantitative estimate of drug-likeness (QED) is 0.136. The lowest BCUT2D eigenvalue weighted by Gasteiger charge is -2.34. The average Bonchev–Trinajstić information content (AvgIpc) is 3.46. The molecule has 5 aromatic rings. The highest BCUT2D eigenvalue weighted by Gasteiger charge is 2.44. The molecule has 1 fully saturated rings. The molecule has 0 radical (unpaired) electrons. The molecule has 0 spiro atoms. The van der Waals surface area contributed by atoms with E-state index in [1.165, 1.54) is 42.4 Å². The number of ether oxygens (including phenoxy) is 2. The molecule has 0 saturated carbocycles. The highest BCUT2D eigenvalue weighted by Crippen LogP contribution is 2.31. The highest BCUT2D eigenvalue weighted by molar-refractivity contribution is 6.05. The zero-order valence-corrected chi connectivity index (χ0v) is 28.3. The number of carbonyl (C=O) groups excluding carboxylic acids is 2. The maximum atomic E-state index is 13.6. The number of carbonyl (C=O) groups is 2. The van der Waals surface area contributed by atoms with Crippen molar-refractivity contribution in [3.63, 3.8) is 0 Å². The Morgan fingerprint density at radius 3 is 2.11 bits per heavy atom. The molecule has 0 unspecified atom stereocenters. The molecule has 1 aliphatic rings. The van der Waals surface area contributed by atoms with Crippen LogP contribution in [0.3, 0.4) is 0 Å². The number of nitrogens with zero attached hydrogens (tertiary/aromatic N) is 5. The second kappa shape index (κ2) is 14.8. The molecule has 2 amide bonds. The normalized spacial score (nSPS) is 14.1. The van der Waals surface area contributed by atoms with Crippen molar-refractivity contribution < 1.29 is 49.8 Å². The molecule has 16 heteroatoms. The number of amides is 2. The van der Waals surface area contributed by atoms with Crippen molar-refractivity contribution in [2.24, 2.45) is 7.05 Å². The molecule has 6 rings (SSSR count). The number of piperazine rings is 1. The lowest BCUT2D eigenvalue weighted by Crippen LogP contribution is -2.48. The Balaban J connectivity index is 1.04. The number of pyridine rings is 1. The largest absolute Gasteiger partial charge is 0.461 e. The molecular weight excluding hydrogens is 711 g/mol. The smallest absolute Gasteiger partial charge is 0.439 e. The van der Waals surface area contributed by atoms with Crippen LogP contribution in [0.4, 0.5) is 36.4 Å². The Labute approximate surface area is 298 Å². The molecule has 3 heterocycles. The number of aryl methyl sites for hydroxylation is 1. The number of hydrogen-bond donors (Lipinski definition) is 0. The van der Waals surface area contributed by atoms with E-state index < -0.39 is 30.2 Å². The Morgan fingerprint density at radius 1 is 0.849 bits per heavy atom. The minimum Gasteiger partial charge on any atom is -0.439 e. The third-order valence-electron chi connectivity index (χ3n) is 8.82. The Bertz CT molecular complexity index is 2080. The minimum atomic E-state index is -4.58. The van der Waals surface area contributed by atoms with Gasteiger partial charge in [0.1, 0.15) is 17.2 Å². The van der Waals surface area contributed by atoms with Gasteiger partial charge in [0.25, 0.3) is 11.8 Å². The summed E-state index contributed by atoms with van der Waals surface area (Å²) in [5.74, 6) is -0.354. The van der Waals surface area contributed by atoms with E-state index in [-0.39, 0.29) is 23.1 Å². The van der Waals surface area contributed by atoms with Crippen molar-refractivity contribution >= 4 is 28.4 Å². The number of halogens is 7. The summed E-state index contributed by atoms with van der Waals surface area (Å²) in [4.78, 5) is 35.8. The number of alkyl halides is 7. The summed E-state index contributed by atoms with van der Waals surface area (Å²) < 4.78 is 102. The first-order valence-electron chi connectivity index (χ1n) is 16.2. The van der Waals surface area contributed by atoms with Crippen molar-refractivity contribution in [3.05, 3.63) is 114 Å². The third-order valence-corrected chi connectivity index (χ3v) is 8.82. The molecule has 2 aromatic heterocycles. The van der Waals surface area contributed by atoms with Crippen LogP contribution >= 0.6 is 0 Å². The summed E-state index contributed by atoms with van der Waals surface area (Å²) in [6.45, 7) is 2.48. The first-order valence-corrected chi connectivity index (χ1v) is 16.2. The predicted octanol–water partition coefficient (Wildman–Crippen LogP) is 7.86. The lowest BCUT2D eigenvalue weighted by molar-refractivity contribution is -0.253. The van der Waals surface area contributed by atoms with Crippen molar-refractivity contribution in [1.29, 1.82) is 0 Å². The van der Waals surface area contributed by atoms with Gasteiger partial charge in [-0.05, 0) is 72.3 Å². The Hall–Kier alpha value is -5.64. The standard InChI is InChI=1S/C37H32F7N5O4/c1-46(33(50)24-5-7-26(8-6-24)36(40,41)42)27-9-14-32(45-21-27)52-29-12-13-30-25(19-29)20-31(47(30)2)34(51)49-17-15-48(16-18-49)22-23-3-10-28(11-4-23)53-37(43,44)35(38)39/h3-14,19-21,35H,15-18,22H2,1-2H3. The van der Waals surface area contributed by atoms with E-state index in [1.54, 1.807) is 46.8 Å². The summed E-state index contributed by atoms with van der Waals surface area (Å²) in [5.41, 5.74) is 1.68. The number of aromatic nitrogens is 2. The molecule has 0 atom stereocenters. The van der Waals surface area contributed by atoms with E-state index in [1.807, 2.05) is 6.07 Å². The second-order valence-corrected chi connectivity index (χ2v) is 12.4. The minimum absolute atomic E-state index is 0.0830. The molecule has 53 heavy (non-hydrogen) atoms. The molecule has 0 aliphatic carbocycles. The first kappa shape index (κ1) is 37.1. The third kappa shape index (κ3) is 8.38. The first-order chi connectivity index (χ1) is 25.1. The van der Waals surface area contributed by atoms with Gasteiger partial charge in [0.05, 0.1) is 17.4 Å². The number of fused-ring (bicyclic) bond motifs is 1. The molecule has 1 aliphatic heterocycles. The number of hydrogen-bond acceptors (Lipinski definition) is 6. The number of rotatable bonds is 10. The SMILES string of the molecule is CN(C(=O)c1ccc(C(F)(F)F)cc1)c1ccc(Oc2ccc3c(c2)cc(C(=O)N2CCN(Cc4ccc(OC(F)(F)C(F)F)cc4)CC2)n3C)nc1. The maximum absolute atomic E-state index is 13.6. The van der Waals surface area contributed by atoms with Crippen molar-refractivity contribution in [1.82, 2.24) is 19.4 Å². The van der Waals surface area contributed by atoms with Gasteiger partial charge in [0.15, 0.2) is 0 Å². The molecule has 3 aromatic carbocycles. The van der Waals surface area contributed by atoms with Crippen LogP contribution in [-0.4, -0.2) is 76.9 Å². The van der Waals surface area contributed by atoms with Crippen LogP contribution in [-0.2, 0) is 19.8 Å². The number of benzene rings is 3. The molecule has 1 saturated heterocycles. The fourth-order valence-electron chi connectivity index (χ4n) is 5.85. The lowest BCUT2D eigenvalue weighted by atomic mass is 10.1. The fraction of sp³-hybridized carbons (Fsp3) is 0.270. The van der Waals surface area contributed by atoms with Gasteiger partial charge in [-0.25, -0.2) is 4.98 Å². The average molecular weight is 744 g/mol. The van der Waals surface area contributed by atoms with Crippen LogP contribution in [0.1, 0.15) is 32.0 Å². The van der Waals surface area contributed by atoms with Crippen molar-refractivity contribution in [3.8, 4) is 17.4 Å². The van der Waals surface area contributed by atoms with Gasteiger partial charge in [-0.15, -0.1) is 0 Å². The van der Waals surface area contributed by atoms with Crippen LogP contribution in [0.5, 0.6) is 17.4 Å². The van der Waals surface area contributed by atoms with E-state index in [0.717, 1.165) is 40.7 Å². The van der Waals surface area contributed by atoms with Crippen molar-refractivity contribution in [2.75, 3.05) is 38.1 Å². The van der Waals surface area contributed by atoms with Crippen LogP contribution in [0, 0.1) is 0 Å². The predicted molar refractivity (Wildman–Crippen MR) is 181 cm³/mol. The summed E-state index contributed by atoms with van der Waals surface area (Å²) >= 11 is 0. The summed E-state index contributed by atoms with van der Waals surface area (Å²) in [7, 11) is 3.27. The zero-order chi connectivity index (χ0) is 38.1. The molecule has 0 N–H and O–H groups in total. The van der Waals surface area contributed by atoms with Crippen LogP contribution < -0.4 is 14.4 Å². The second-order valence-electron chi connectivity index (χ2n) is 12.4. The van der Waals surface area contributed by atoms with E-state index >= 15 is 0 Å². The molecule has 278 valence electrons. The Morgan fingerprint density at radius 2 is 1.51 bits per heavy atom. The summed E-state index contributed by atoms with van der Waals surface area (Å²) in [6.07, 6.45) is -11.6. The van der Waals surface area contributed by atoms with Gasteiger partial charge in [0.2, 0.25) is 5.88 Å². The van der Waals surface area contributed by atoms with Crippen molar-refractivity contribution in [2.45, 2.75) is 25.3 Å². The molecule has 0 bridgehead atoms. The zero-order valence-electron chi connectivity index (χ0n) is 28.3. The Kier molecular flexibility index (Phi) is 10.3. The van der Waals surface area contributed by atoms with Gasteiger partial charge in [-0.3, -0.25) is 14.5 Å². The van der Waals surface area contributed by atoms with Gasteiger partial charge in [0, 0.05) is 69.4 Å². The summed E-state index contributed by atoms with van der Waals surface area (Å²) in [5, 5.41) is 0.754. The van der Waals surface area contributed by atoms with Crippen LogP contribution in [0.25, 0.3) is 10.9 Å². The van der Waals surface area contributed by atoms with E-state index in [0.29, 0.717) is 49.9 Å². The number of anilines is 1. The van der Waals surface area contributed by atoms with Crippen LogP contribution in [0.15, 0.2) is 91.1 Å². The summed E-state index contributed by atoms with van der Waals surface area (Å²) in [6, 6.07) is 19.7. The van der Waals surface area contributed by atoms with Gasteiger partial charge in [-0.2, -0.15) is 30.7 Å². The van der Waals surface area contributed by atoms with E-state index in [4.69, 9.17) is 4.74 Å². The van der Waals surface area contributed by atoms with Gasteiger partial charge in [-0.1, -0.05) is 12.1 Å². The maximum Gasteiger partial charge on any atom is 0.461 e. The molecular formula is C37H32F7N5O4.